The molecule has 134 valence electrons. The number of aromatic nitrogens is 3. The number of fused-ring (bicyclic) bond motifs is 2. The molecule has 1 aliphatic rings. The second-order valence-electron chi connectivity index (χ2n) is 6.75. The van der Waals surface area contributed by atoms with Crippen molar-refractivity contribution in [2.75, 3.05) is 6.54 Å². The van der Waals surface area contributed by atoms with Gasteiger partial charge in [-0.15, -0.1) is 0 Å². The molecular weight excluding hydrogens is 344 g/mol. The van der Waals surface area contributed by atoms with Crippen molar-refractivity contribution in [1.29, 1.82) is 0 Å². The van der Waals surface area contributed by atoms with Gasteiger partial charge in [0.15, 0.2) is 0 Å². The molecule has 0 saturated heterocycles. The fourth-order valence-electron chi connectivity index (χ4n) is 3.48. The van der Waals surface area contributed by atoms with Gasteiger partial charge < -0.3 is 0 Å². The third-order valence-corrected chi connectivity index (χ3v) is 4.90. The smallest absolute Gasteiger partial charge is 0.0927 e. The molecule has 4 heteroatoms. The fourth-order valence-corrected chi connectivity index (χ4v) is 3.48. The van der Waals surface area contributed by atoms with Gasteiger partial charge in [-0.3, -0.25) is 15.1 Å². The maximum Gasteiger partial charge on any atom is 0.0927 e. The van der Waals surface area contributed by atoms with Crippen LogP contribution in [0.4, 0.5) is 0 Å². The molecule has 0 radical (unpaired) electrons. The zero-order valence-corrected chi connectivity index (χ0v) is 15.2. The Morgan fingerprint density at radius 1 is 0.893 bits per heavy atom. The van der Waals surface area contributed by atoms with Gasteiger partial charge in [0.1, 0.15) is 0 Å². The first-order chi connectivity index (χ1) is 13.9. The van der Waals surface area contributed by atoms with Crippen LogP contribution in [0.3, 0.4) is 0 Å². The molecular formula is C24H18N4. The summed E-state index contributed by atoms with van der Waals surface area (Å²) < 4.78 is 0. The minimum absolute atomic E-state index is 0.706. The van der Waals surface area contributed by atoms with Crippen molar-refractivity contribution >= 4 is 40.9 Å². The highest BCUT2D eigenvalue weighted by atomic mass is 15.1. The van der Waals surface area contributed by atoms with Crippen LogP contribution >= 0.6 is 0 Å². The summed E-state index contributed by atoms with van der Waals surface area (Å²) in [5, 5.41) is 8.72. The van der Waals surface area contributed by atoms with Crippen LogP contribution in [0.5, 0.6) is 0 Å². The number of benzene rings is 2. The molecule has 0 saturated carbocycles. The van der Waals surface area contributed by atoms with E-state index >= 15 is 0 Å². The number of rotatable bonds is 3. The topological polar surface area (TPSA) is 53.9 Å². The van der Waals surface area contributed by atoms with Crippen LogP contribution < -0.4 is 0 Å². The van der Waals surface area contributed by atoms with Crippen molar-refractivity contribution in [2.24, 2.45) is 4.99 Å². The summed E-state index contributed by atoms with van der Waals surface area (Å²) in [4.78, 5) is 8.53. The average Bonchev–Trinajstić information content (AvgIpc) is 3.15. The SMILES string of the molecule is C1=NCC(=Cc2ccc3c(/C=C/c4ccncc4)n[nH]c3c2)c2ccccc21. The van der Waals surface area contributed by atoms with E-state index in [2.05, 4.69) is 62.6 Å². The van der Waals surface area contributed by atoms with E-state index in [1.54, 1.807) is 12.4 Å². The van der Waals surface area contributed by atoms with E-state index in [9.17, 15) is 0 Å². The van der Waals surface area contributed by atoms with Gasteiger partial charge in [-0.2, -0.15) is 5.10 Å². The number of nitrogens with one attached hydrogen (secondary N) is 1. The van der Waals surface area contributed by atoms with Crippen LogP contribution in [0.2, 0.25) is 0 Å². The number of hydrogen-bond acceptors (Lipinski definition) is 3. The molecule has 0 aliphatic carbocycles. The Labute approximate surface area is 163 Å². The average molecular weight is 362 g/mol. The van der Waals surface area contributed by atoms with E-state index in [-0.39, 0.29) is 0 Å². The quantitative estimate of drug-likeness (QED) is 0.551. The second kappa shape index (κ2) is 7.08. The Kier molecular flexibility index (Phi) is 4.14. The molecule has 28 heavy (non-hydrogen) atoms. The lowest BCUT2D eigenvalue weighted by atomic mass is 9.96. The lowest BCUT2D eigenvalue weighted by Crippen LogP contribution is -2.01. The van der Waals surface area contributed by atoms with Gasteiger partial charge in [0.2, 0.25) is 0 Å². The monoisotopic (exact) mass is 362 g/mol. The third-order valence-electron chi connectivity index (χ3n) is 4.90. The van der Waals surface area contributed by atoms with E-state index in [4.69, 9.17) is 0 Å². The molecule has 0 atom stereocenters. The van der Waals surface area contributed by atoms with Gasteiger partial charge in [-0.1, -0.05) is 36.4 Å². The van der Waals surface area contributed by atoms with Crippen molar-refractivity contribution in [3.05, 3.63) is 94.9 Å². The molecule has 0 amide bonds. The Balaban J connectivity index is 1.47. The summed E-state index contributed by atoms with van der Waals surface area (Å²) in [6.45, 7) is 0.706. The standard InChI is InChI=1S/C24H18N4/c1-2-4-21-19(3-1)15-26-16-20(21)13-18-5-7-22-23(27-28-24(22)14-18)8-6-17-9-11-25-12-10-17/h1-15H,16H2,(H,27,28)/b8-6+,20-13?. The van der Waals surface area contributed by atoms with Crippen LogP contribution in [0, 0.1) is 0 Å². The van der Waals surface area contributed by atoms with Gasteiger partial charge in [0, 0.05) is 24.0 Å². The zero-order valence-electron chi connectivity index (χ0n) is 15.2. The molecule has 2 aromatic carbocycles. The Hall–Kier alpha value is -3.79. The summed E-state index contributed by atoms with van der Waals surface area (Å²) in [7, 11) is 0. The molecule has 4 nitrogen and oxygen atoms in total. The number of hydrogen-bond donors (Lipinski definition) is 1. The Morgan fingerprint density at radius 3 is 2.71 bits per heavy atom. The maximum atomic E-state index is 4.49. The van der Waals surface area contributed by atoms with E-state index in [1.807, 2.05) is 36.6 Å². The summed E-state index contributed by atoms with van der Waals surface area (Å²) >= 11 is 0. The van der Waals surface area contributed by atoms with Gasteiger partial charge in [0.05, 0.1) is 17.8 Å². The van der Waals surface area contributed by atoms with E-state index in [1.165, 1.54) is 16.7 Å². The summed E-state index contributed by atoms with van der Waals surface area (Å²) in [6.07, 6.45) is 11.8. The van der Waals surface area contributed by atoms with Gasteiger partial charge in [0.25, 0.3) is 0 Å². The number of nitrogens with zero attached hydrogens (tertiary/aromatic N) is 3. The van der Waals surface area contributed by atoms with Gasteiger partial charge in [-0.25, -0.2) is 0 Å². The predicted molar refractivity (Wildman–Crippen MR) is 116 cm³/mol. The molecule has 0 spiro atoms. The molecule has 1 N–H and O–H groups in total. The van der Waals surface area contributed by atoms with Crippen molar-refractivity contribution in [1.82, 2.24) is 15.2 Å². The highest BCUT2D eigenvalue weighted by Crippen LogP contribution is 2.26. The third kappa shape index (κ3) is 3.16. The number of H-pyrrole nitrogens is 1. The normalized spacial score (nSPS) is 14.8. The summed E-state index contributed by atoms with van der Waals surface area (Å²) in [6, 6.07) is 18.7. The first-order valence-electron chi connectivity index (χ1n) is 9.23. The predicted octanol–water partition coefficient (Wildman–Crippen LogP) is 5.10. The molecule has 0 bridgehead atoms. The minimum atomic E-state index is 0.706. The van der Waals surface area contributed by atoms with Crippen molar-refractivity contribution in [2.45, 2.75) is 0 Å². The highest BCUT2D eigenvalue weighted by molar-refractivity contribution is 5.97. The second-order valence-corrected chi connectivity index (χ2v) is 6.75. The first-order valence-corrected chi connectivity index (χ1v) is 9.23. The van der Waals surface area contributed by atoms with Crippen LogP contribution in [0.25, 0.3) is 34.7 Å². The number of pyridine rings is 1. The van der Waals surface area contributed by atoms with Crippen molar-refractivity contribution in [3.8, 4) is 0 Å². The number of aromatic amines is 1. The number of aliphatic imine (C=N–C) groups is 1. The zero-order chi connectivity index (χ0) is 18.8. The Bertz CT molecular complexity index is 1230. The van der Waals surface area contributed by atoms with E-state index in [0.29, 0.717) is 6.54 Å². The van der Waals surface area contributed by atoms with Gasteiger partial charge >= 0.3 is 0 Å². The summed E-state index contributed by atoms with van der Waals surface area (Å²) in [5.41, 5.74) is 7.85. The van der Waals surface area contributed by atoms with Gasteiger partial charge in [-0.05, 0) is 64.2 Å². The molecule has 5 rings (SSSR count). The highest BCUT2D eigenvalue weighted by Gasteiger charge is 2.10. The molecule has 3 heterocycles. The molecule has 0 fully saturated rings. The van der Waals surface area contributed by atoms with Crippen LogP contribution in [0.1, 0.15) is 27.9 Å². The molecule has 4 aromatic rings. The van der Waals surface area contributed by atoms with Crippen LogP contribution in [-0.4, -0.2) is 27.9 Å². The van der Waals surface area contributed by atoms with Crippen LogP contribution in [-0.2, 0) is 0 Å². The molecule has 1 aliphatic heterocycles. The summed E-state index contributed by atoms with van der Waals surface area (Å²) in [5.74, 6) is 0. The fraction of sp³-hybridized carbons (Fsp3) is 0.0417. The van der Waals surface area contributed by atoms with E-state index in [0.717, 1.165) is 27.7 Å². The first kappa shape index (κ1) is 16.4. The van der Waals surface area contributed by atoms with Crippen molar-refractivity contribution < 1.29 is 0 Å². The maximum absolute atomic E-state index is 4.49. The molecule has 0 unspecified atom stereocenters. The Morgan fingerprint density at radius 2 is 1.79 bits per heavy atom. The lowest BCUT2D eigenvalue weighted by molar-refractivity contribution is 1.11. The minimum Gasteiger partial charge on any atom is -0.288 e. The molecule has 2 aromatic heterocycles. The van der Waals surface area contributed by atoms with E-state index < -0.39 is 0 Å². The van der Waals surface area contributed by atoms with Crippen molar-refractivity contribution in [3.63, 3.8) is 0 Å². The van der Waals surface area contributed by atoms with Crippen LogP contribution in [0.15, 0.2) is 72.0 Å². The lowest BCUT2D eigenvalue weighted by Gasteiger charge is -2.13. The largest absolute Gasteiger partial charge is 0.288 e.